The molecule has 1 aliphatic rings. The summed E-state index contributed by atoms with van der Waals surface area (Å²) in [4.78, 5) is 12.0. The number of aromatic nitrogens is 2. The maximum absolute atomic E-state index is 12.0. The quantitative estimate of drug-likeness (QED) is 0.769. The van der Waals surface area contributed by atoms with Gasteiger partial charge >= 0.3 is 0 Å². The van der Waals surface area contributed by atoms with Crippen LogP contribution in [0.15, 0.2) is 41.6 Å². The molecule has 0 aliphatic heterocycles. The summed E-state index contributed by atoms with van der Waals surface area (Å²) in [5, 5.41) is 8.90. The lowest BCUT2D eigenvalue weighted by molar-refractivity contribution is 0.102. The highest BCUT2D eigenvalue weighted by Crippen LogP contribution is 2.22. The Labute approximate surface area is 121 Å². The summed E-state index contributed by atoms with van der Waals surface area (Å²) in [7, 11) is -3.46. The molecule has 1 saturated carbocycles. The van der Waals surface area contributed by atoms with E-state index in [1.54, 1.807) is 12.1 Å². The molecule has 8 heteroatoms. The van der Waals surface area contributed by atoms with Gasteiger partial charge in [0.05, 0.1) is 16.7 Å². The van der Waals surface area contributed by atoms with Gasteiger partial charge in [0.1, 0.15) is 0 Å². The highest BCUT2D eigenvalue weighted by atomic mass is 32.2. The number of nitrogens with one attached hydrogen (secondary N) is 3. The molecule has 7 nitrogen and oxygen atoms in total. The largest absolute Gasteiger partial charge is 0.322 e. The second-order valence-corrected chi connectivity index (χ2v) is 6.58. The molecule has 2 aromatic rings. The van der Waals surface area contributed by atoms with Gasteiger partial charge in [0.2, 0.25) is 10.0 Å². The SMILES string of the molecule is O=C(Nc1ccc(S(=O)(=O)NC2CC2)cc1)c1cn[nH]c1. The Bertz CT molecular complexity index is 734. The van der Waals surface area contributed by atoms with Crippen molar-refractivity contribution in [2.45, 2.75) is 23.8 Å². The molecule has 1 amide bonds. The first-order valence-electron chi connectivity index (χ1n) is 6.47. The molecule has 0 bridgehead atoms. The van der Waals surface area contributed by atoms with Crippen molar-refractivity contribution in [1.82, 2.24) is 14.9 Å². The lowest BCUT2D eigenvalue weighted by Gasteiger charge is -2.07. The summed E-state index contributed by atoms with van der Waals surface area (Å²) in [6.07, 6.45) is 4.66. The average molecular weight is 306 g/mol. The number of amides is 1. The predicted molar refractivity (Wildman–Crippen MR) is 76.3 cm³/mol. The van der Waals surface area contributed by atoms with Crippen LogP contribution in [0, 0.1) is 0 Å². The van der Waals surface area contributed by atoms with Crippen molar-refractivity contribution in [3.8, 4) is 0 Å². The number of sulfonamides is 1. The van der Waals surface area contributed by atoms with Crippen molar-refractivity contribution in [2.75, 3.05) is 5.32 Å². The Morgan fingerprint density at radius 3 is 2.52 bits per heavy atom. The first-order chi connectivity index (χ1) is 10.0. The molecule has 1 aromatic carbocycles. The Hall–Kier alpha value is -2.19. The standard InChI is InChI=1S/C13H14N4O3S/c18-13(9-7-14-15-8-9)16-10-3-5-12(6-4-10)21(19,20)17-11-1-2-11/h3-8,11,17H,1-2H2,(H,14,15)(H,16,18). The summed E-state index contributed by atoms with van der Waals surface area (Å²) in [6, 6.07) is 6.11. The molecule has 3 N–H and O–H groups in total. The van der Waals surface area contributed by atoms with Crippen molar-refractivity contribution in [3.63, 3.8) is 0 Å². The number of hydrogen-bond donors (Lipinski definition) is 3. The van der Waals surface area contributed by atoms with Gasteiger partial charge in [-0.25, -0.2) is 13.1 Å². The van der Waals surface area contributed by atoms with Crippen molar-refractivity contribution >= 4 is 21.6 Å². The van der Waals surface area contributed by atoms with Gasteiger partial charge in [-0.15, -0.1) is 0 Å². The molecule has 0 atom stereocenters. The van der Waals surface area contributed by atoms with Crippen LogP contribution in [0.1, 0.15) is 23.2 Å². The molecule has 0 saturated heterocycles. The van der Waals surface area contributed by atoms with Crippen molar-refractivity contribution < 1.29 is 13.2 Å². The molecule has 0 radical (unpaired) electrons. The van der Waals surface area contributed by atoms with E-state index in [2.05, 4.69) is 20.2 Å². The average Bonchev–Trinajstić information content (AvgIpc) is 3.08. The van der Waals surface area contributed by atoms with Crippen LogP contribution in [0.3, 0.4) is 0 Å². The normalized spacial score (nSPS) is 14.9. The Morgan fingerprint density at radius 1 is 1.24 bits per heavy atom. The summed E-state index contributed by atoms with van der Waals surface area (Å²) in [5.74, 6) is -0.310. The minimum Gasteiger partial charge on any atom is -0.322 e. The van der Waals surface area contributed by atoms with Crippen LogP contribution in [0.2, 0.25) is 0 Å². The van der Waals surface area contributed by atoms with E-state index in [9.17, 15) is 13.2 Å². The molecule has 21 heavy (non-hydrogen) atoms. The third-order valence-electron chi connectivity index (χ3n) is 3.08. The van der Waals surface area contributed by atoms with Gasteiger partial charge in [0.25, 0.3) is 5.91 Å². The number of H-pyrrole nitrogens is 1. The van der Waals surface area contributed by atoms with Crippen LogP contribution in [0.4, 0.5) is 5.69 Å². The van der Waals surface area contributed by atoms with Crippen LogP contribution in [-0.4, -0.2) is 30.6 Å². The Kier molecular flexibility index (Phi) is 3.48. The fourth-order valence-electron chi connectivity index (χ4n) is 1.78. The molecule has 0 spiro atoms. The number of hydrogen-bond acceptors (Lipinski definition) is 4. The molecule has 1 aliphatic carbocycles. The van der Waals surface area contributed by atoms with E-state index in [4.69, 9.17) is 0 Å². The smallest absolute Gasteiger partial charge is 0.258 e. The minimum atomic E-state index is -3.46. The molecule has 0 unspecified atom stereocenters. The molecule has 110 valence electrons. The lowest BCUT2D eigenvalue weighted by Crippen LogP contribution is -2.25. The van der Waals surface area contributed by atoms with Crippen molar-refractivity contribution in [2.24, 2.45) is 0 Å². The fourth-order valence-corrected chi connectivity index (χ4v) is 3.09. The zero-order valence-electron chi connectivity index (χ0n) is 11.0. The molecule has 3 rings (SSSR count). The monoisotopic (exact) mass is 306 g/mol. The number of carbonyl (C=O) groups is 1. The molecule has 1 fully saturated rings. The van der Waals surface area contributed by atoms with E-state index in [0.717, 1.165) is 12.8 Å². The Morgan fingerprint density at radius 2 is 1.95 bits per heavy atom. The summed E-state index contributed by atoms with van der Waals surface area (Å²) < 4.78 is 26.6. The van der Waals surface area contributed by atoms with Gasteiger partial charge in [-0.2, -0.15) is 5.10 Å². The molecule has 1 heterocycles. The number of aromatic amines is 1. The second kappa shape index (κ2) is 5.30. The van der Waals surface area contributed by atoms with Crippen LogP contribution in [-0.2, 0) is 10.0 Å². The third-order valence-corrected chi connectivity index (χ3v) is 4.62. The van der Waals surface area contributed by atoms with E-state index >= 15 is 0 Å². The summed E-state index contributed by atoms with van der Waals surface area (Å²) in [6.45, 7) is 0. The number of nitrogens with zero attached hydrogens (tertiary/aromatic N) is 1. The van der Waals surface area contributed by atoms with Crippen molar-refractivity contribution in [3.05, 3.63) is 42.2 Å². The minimum absolute atomic E-state index is 0.0653. The highest BCUT2D eigenvalue weighted by Gasteiger charge is 2.27. The topological polar surface area (TPSA) is 104 Å². The molecular formula is C13H14N4O3S. The van der Waals surface area contributed by atoms with Crippen LogP contribution >= 0.6 is 0 Å². The Balaban J connectivity index is 1.70. The zero-order chi connectivity index (χ0) is 14.9. The van der Waals surface area contributed by atoms with Crippen molar-refractivity contribution in [1.29, 1.82) is 0 Å². The van der Waals surface area contributed by atoms with Gasteiger partial charge in [-0.3, -0.25) is 9.89 Å². The third kappa shape index (κ3) is 3.29. The number of carbonyl (C=O) groups excluding carboxylic acids is 1. The van der Waals surface area contributed by atoms with Crippen LogP contribution < -0.4 is 10.0 Å². The molecule has 1 aromatic heterocycles. The van der Waals surface area contributed by atoms with Gasteiger partial charge < -0.3 is 5.32 Å². The van der Waals surface area contributed by atoms with E-state index in [0.29, 0.717) is 11.3 Å². The van der Waals surface area contributed by atoms with Gasteiger partial charge in [0.15, 0.2) is 0 Å². The fraction of sp³-hybridized carbons (Fsp3) is 0.231. The van der Waals surface area contributed by atoms with E-state index in [-0.39, 0.29) is 16.8 Å². The zero-order valence-corrected chi connectivity index (χ0v) is 11.9. The maximum atomic E-state index is 12.0. The van der Waals surface area contributed by atoms with E-state index in [1.165, 1.54) is 24.5 Å². The van der Waals surface area contributed by atoms with E-state index in [1.807, 2.05) is 0 Å². The highest BCUT2D eigenvalue weighted by molar-refractivity contribution is 7.89. The number of benzene rings is 1. The number of anilines is 1. The van der Waals surface area contributed by atoms with E-state index < -0.39 is 10.0 Å². The number of rotatable bonds is 5. The molecular weight excluding hydrogens is 292 g/mol. The summed E-state index contributed by atoms with van der Waals surface area (Å²) in [5.41, 5.74) is 0.925. The predicted octanol–water partition coefficient (Wildman–Crippen LogP) is 1.10. The van der Waals surface area contributed by atoms with Crippen LogP contribution in [0.25, 0.3) is 0 Å². The van der Waals surface area contributed by atoms with Gasteiger partial charge in [0, 0.05) is 17.9 Å². The van der Waals surface area contributed by atoms with Crippen LogP contribution in [0.5, 0.6) is 0 Å². The first-order valence-corrected chi connectivity index (χ1v) is 7.95. The summed E-state index contributed by atoms with van der Waals surface area (Å²) >= 11 is 0. The maximum Gasteiger partial charge on any atom is 0.258 e. The lowest BCUT2D eigenvalue weighted by atomic mass is 10.3. The second-order valence-electron chi connectivity index (χ2n) is 4.86. The first kappa shape index (κ1) is 13.8. The van der Waals surface area contributed by atoms with Gasteiger partial charge in [-0.05, 0) is 37.1 Å². The van der Waals surface area contributed by atoms with Gasteiger partial charge in [-0.1, -0.05) is 0 Å².